The molecule has 7 nitrogen and oxygen atoms in total. The predicted octanol–water partition coefficient (Wildman–Crippen LogP) is 1.40. The largest absolute Gasteiger partial charge is 0.325 e. The van der Waals surface area contributed by atoms with Gasteiger partial charge in [-0.2, -0.15) is 11.8 Å². The monoisotopic (exact) mass is 293 g/mol. The highest BCUT2D eigenvalue weighted by Crippen LogP contribution is 2.18. The Bertz CT molecular complexity index is 692. The zero-order chi connectivity index (χ0) is 14.5. The lowest BCUT2D eigenvalue weighted by atomic mass is 10.2. The van der Waals surface area contributed by atoms with Gasteiger partial charge >= 0.3 is 5.69 Å². The van der Waals surface area contributed by atoms with E-state index in [1.807, 2.05) is 0 Å². The molecule has 1 aromatic carbocycles. The number of H-pyrrole nitrogens is 2. The molecule has 1 aromatic heterocycles. The number of hydrogen-bond donors (Lipinski definition) is 2. The lowest BCUT2D eigenvalue weighted by Crippen LogP contribution is -2.22. The second kappa shape index (κ2) is 6.20. The normalized spacial score (nSPS) is 10.4. The van der Waals surface area contributed by atoms with Crippen molar-refractivity contribution in [2.24, 2.45) is 0 Å². The first-order valence-electron chi connectivity index (χ1n) is 5.68. The van der Waals surface area contributed by atoms with Gasteiger partial charge in [0.2, 0.25) is 0 Å². The number of aromatic nitrogens is 2. The van der Waals surface area contributed by atoms with Crippen molar-refractivity contribution in [1.29, 1.82) is 0 Å². The predicted molar refractivity (Wildman–Crippen MR) is 75.8 cm³/mol. The first-order valence-corrected chi connectivity index (χ1v) is 6.83. The van der Waals surface area contributed by atoms with E-state index in [9.17, 15) is 19.7 Å². The second-order valence-electron chi connectivity index (χ2n) is 4.03. The highest BCUT2D eigenvalue weighted by molar-refractivity contribution is 7.97. The van der Waals surface area contributed by atoms with Crippen molar-refractivity contribution in [3.63, 3.8) is 0 Å². The Kier molecular flexibility index (Phi) is 4.36. The fourth-order valence-corrected chi connectivity index (χ4v) is 2.50. The minimum atomic E-state index is -0.525. The zero-order valence-electron chi connectivity index (χ0n) is 10.3. The van der Waals surface area contributed by atoms with Crippen molar-refractivity contribution >= 4 is 17.4 Å². The van der Waals surface area contributed by atoms with Crippen molar-refractivity contribution in [2.75, 3.05) is 0 Å². The molecular formula is C12H11N3O4S. The molecule has 0 amide bonds. The molecule has 0 saturated carbocycles. The third-order valence-corrected chi connectivity index (χ3v) is 3.54. The molecule has 0 saturated heterocycles. The van der Waals surface area contributed by atoms with Crippen LogP contribution in [0.25, 0.3) is 0 Å². The zero-order valence-corrected chi connectivity index (χ0v) is 11.1. The Balaban J connectivity index is 1.94. The van der Waals surface area contributed by atoms with Gasteiger partial charge < -0.3 is 4.98 Å². The van der Waals surface area contributed by atoms with Crippen LogP contribution in [0.2, 0.25) is 0 Å². The number of nitro groups is 1. The number of nitrogens with zero attached hydrogens (tertiary/aromatic N) is 1. The Morgan fingerprint density at radius 2 is 1.80 bits per heavy atom. The van der Waals surface area contributed by atoms with E-state index in [4.69, 9.17) is 0 Å². The van der Waals surface area contributed by atoms with Gasteiger partial charge in [-0.25, -0.2) is 4.79 Å². The maximum absolute atomic E-state index is 11.1. The number of thioether (sulfide) groups is 1. The standard InChI is InChI=1S/C12H11N3O4S/c16-11-5-9(13-12(17)14-11)7-20-6-8-1-3-10(4-2-8)15(18)19/h1-5H,6-7H2,(H2,13,14,16,17). The summed E-state index contributed by atoms with van der Waals surface area (Å²) in [7, 11) is 0. The van der Waals surface area contributed by atoms with Crippen LogP contribution in [0, 0.1) is 10.1 Å². The Hall–Kier alpha value is -2.35. The van der Waals surface area contributed by atoms with Crippen LogP contribution in [0.5, 0.6) is 0 Å². The van der Waals surface area contributed by atoms with E-state index in [0.29, 0.717) is 17.2 Å². The summed E-state index contributed by atoms with van der Waals surface area (Å²) in [5.74, 6) is 1.11. The number of rotatable bonds is 5. The summed E-state index contributed by atoms with van der Waals surface area (Å²) in [6, 6.07) is 7.61. The molecule has 0 radical (unpaired) electrons. The maximum Gasteiger partial charge on any atom is 0.325 e. The van der Waals surface area contributed by atoms with E-state index in [-0.39, 0.29) is 5.69 Å². The molecule has 0 aliphatic carbocycles. The van der Waals surface area contributed by atoms with Crippen molar-refractivity contribution in [3.05, 3.63) is 72.5 Å². The topological polar surface area (TPSA) is 109 Å². The Morgan fingerprint density at radius 3 is 2.40 bits per heavy atom. The summed E-state index contributed by atoms with van der Waals surface area (Å²) < 4.78 is 0. The molecule has 8 heteroatoms. The number of aromatic amines is 2. The molecular weight excluding hydrogens is 282 g/mol. The first kappa shape index (κ1) is 14.1. The molecule has 2 N–H and O–H groups in total. The average Bonchev–Trinajstić information content (AvgIpc) is 2.38. The van der Waals surface area contributed by atoms with E-state index in [1.165, 1.54) is 30.0 Å². The summed E-state index contributed by atoms with van der Waals surface area (Å²) in [5.41, 5.74) is 0.583. The molecule has 2 rings (SSSR count). The molecule has 2 aromatic rings. The van der Waals surface area contributed by atoms with Crippen molar-refractivity contribution in [1.82, 2.24) is 9.97 Å². The van der Waals surface area contributed by atoms with Gasteiger partial charge in [0.25, 0.3) is 11.2 Å². The van der Waals surface area contributed by atoms with E-state index in [1.54, 1.807) is 12.1 Å². The van der Waals surface area contributed by atoms with Gasteiger partial charge in [0.05, 0.1) is 4.92 Å². The molecule has 0 aliphatic heterocycles. The van der Waals surface area contributed by atoms with Gasteiger partial charge in [-0.05, 0) is 5.56 Å². The minimum Gasteiger partial charge on any atom is -0.310 e. The van der Waals surface area contributed by atoms with E-state index in [0.717, 1.165) is 5.56 Å². The van der Waals surface area contributed by atoms with Crippen LogP contribution in [0.1, 0.15) is 11.3 Å². The summed E-state index contributed by atoms with van der Waals surface area (Å²) in [6.45, 7) is 0. The third kappa shape index (κ3) is 3.82. The lowest BCUT2D eigenvalue weighted by molar-refractivity contribution is -0.384. The molecule has 20 heavy (non-hydrogen) atoms. The highest BCUT2D eigenvalue weighted by Gasteiger charge is 2.04. The smallest absolute Gasteiger partial charge is 0.310 e. The fourth-order valence-electron chi connectivity index (χ4n) is 1.59. The van der Waals surface area contributed by atoms with Gasteiger partial charge in [-0.15, -0.1) is 0 Å². The van der Waals surface area contributed by atoms with Gasteiger partial charge in [0, 0.05) is 35.4 Å². The van der Waals surface area contributed by atoms with Gasteiger partial charge in [-0.3, -0.25) is 19.9 Å². The third-order valence-electron chi connectivity index (χ3n) is 2.49. The number of non-ortho nitro benzene ring substituents is 1. The van der Waals surface area contributed by atoms with Crippen LogP contribution in [-0.4, -0.2) is 14.9 Å². The van der Waals surface area contributed by atoms with Crippen LogP contribution >= 0.6 is 11.8 Å². The van der Waals surface area contributed by atoms with E-state index in [2.05, 4.69) is 9.97 Å². The van der Waals surface area contributed by atoms with Crippen LogP contribution in [0.3, 0.4) is 0 Å². The van der Waals surface area contributed by atoms with Gasteiger partial charge in [0.1, 0.15) is 0 Å². The summed E-state index contributed by atoms with van der Waals surface area (Å²) in [4.78, 5) is 36.9. The molecule has 1 heterocycles. The number of benzene rings is 1. The molecule has 0 fully saturated rings. The molecule has 0 unspecified atom stereocenters. The molecule has 104 valence electrons. The lowest BCUT2D eigenvalue weighted by Gasteiger charge is -2.02. The number of nitro benzene ring substituents is 1. The molecule has 0 spiro atoms. The van der Waals surface area contributed by atoms with Crippen LogP contribution < -0.4 is 11.2 Å². The summed E-state index contributed by atoms with van der Waals surface area (Å²) in [5, 5.41) is 10.5. The summed E-state index contributed by atoms with van der Waals surface area (Å²) >= 11 is 1.50. The fraction of sp³-hybridized carbons (Fsp3) is 0.167. The molecule has 0 aliphatic rings. The molecule has 0 bridgehead atoms. The number of nitrogens with one attached hydrogen (secondary N) is 2. The summed E-state index contributed by atoms with van der Waals surface area (Å²) in [6.07, 6.45) is 0. The van der Waals surface area contributed by atoms with Gasteiger partial charge in [-0.1, -0.05) is 12.1 Å². The van der Waals surface area contributed by atoms with Gasteiger partial charge in [0.15, 0.2) is 0 Å². The quantitative estimate of drug-likeness (QED) is 0.640. The SMILES string of the molecule is O=c1cc(CSCc2ccc([N+](=O)[O-])cc2)[nH]c(=O)[nH]1. The van der Waals surface area contributed by atoms with Crippen molar-refractivity contribution in [3.8, 4) is 0 Å². The average molecular weight is 293 g/mol. The Morgan fingerprint density at radius 1 is 1.10 bits per heavy atom. The van der Waals surface area contributed by atoms with E-state index >= 15 is 0 Å². The Labute approximate surface area is 117 Å². The second-order valence-corrected chi connectivity index (χ2v) is 5.01. The highest BCUT2D eigenvalue weighted by atomic mass is 32.2. The van der Waals surface area contributed by atoms with Crippen molar-refractivity contribution < 1.29 is 4.92 Å². The van der Waals surface area contributed by atoms with Crippen molar-refractivity contribution in [2.45, 2.75) is 11.5 Å². The minimum absolute atomic E-state index is 0.0534. The maximum atomic E-state index is 11.1. The molecule has 0 atom stereocenters. The van der Waals surface area contributed by atoms with Crippen LogP contribution in [0.15, 0.2) is 39.9 Å². The first-order chi connectivity index (χ1) is 9.54. The number of hydrogen-bond acceptors (Lipinski definition) is 5. The van der Waals surface area contributed by atoms with Crippen LogP contribution in [0.4, 0.5) is 5.69 Å². The van der Waals surface area contributed by atoms with Crippen LogP contribution in [-0.2, 0) is 11.5 Å². The van der Waals surface area contributed by atoms with E-state index < -0.39 is 16.2 Å².